The second-order valence-corrected chi connectivity index (χ2v) is 5.59. The first-order valence-corrected chi connectivity index (χ1v) is 7.46. The molecule has 3 atom stereocenters. The van der Waals surface area contributed by atoms with Crippen LogP contribution in [0.5, 0.6) is 0 Å². The van der Waals surface area contributed by atoms with Crippen LogP contribution in [0, 0.1) is 0 Å². The molecule has 3 rings (SSSR count). The summed E-state index contributed by atoms with van der Waals surface area (Å²) in [6, 6.07) is 11.5. The van der Waals surface area contributed by atoms with E-state index in [4.69, 9.17) is 5.73 Å². The molecule has 0 saturated carbocycles. The standard InChI is InChI=1S/C19H20N2O2/c1-3-16(22)21(17(23)4-2)19-14-10-6-8-12-7-5-9-13(18(12)14)11-15(19)20/h3-11,16-17,19,22-23H,1-2,20H2. The molecule has 0 aliphatic heterocycles. The van der Waals surface area contributed by atoms with Crippen LogP contribution in [0.3, 0.4) is 0 Å². The lowest BCUT2D eigenvalue weighted by Crippen LogP contribution is -2.46. The van der Waals surface area contributed by atoms with Crippen molar-refractivity contribution in [3.05, 3.63) is 78.5 Å². The molecule has 2 aromatic carbocycles. The van der Waals surface area contributed by atoms with Crippen molar-refractivity contribution >= 4 is 16.8 Å². The van der Waals surface area contributed by atoms with Gasteiger partial charge in [-0.25, -0.2) is 4.90 Å². The first-order chi connectivity index (χ1) is 11.1. The van der Waals surface area contributed by atoms with Gasteiger partial charge in [-0.15, -0.1) is 0 Å². The third kappa shape index (κ3) is 2.47. The van der Waals surface area contributed by atoms with Crippen LogP contribution in [-0.2, 0) is 0 Å². The summed E-state index contributed by atoms with van der Waals surface area (Å²) in [6.45, 7) is 7.23. The highest BCUT2D eigenvalue weighted by molar-refractivity contribution is 5.96. The molecule has 0 aromatic heterocycles. The van der Waals surface area contributed by atoms with E-state index in [0.29, 0.717) is 5.70 Å². The summed E-state index contributed by atoms with van der Waals surface area (Å²) in [4.78, 5) is 1.48. The molecule has 3 unspecified atom stereocenters. The van der Waals surface area contributed by atoms with Crippen LogP contribution in [-0.4, -0.2) is 27.6 Å². The van der Waals surface area contributed by atoms with Gasteiger partial charge in [0.05, 0.1) is 6.04 Å². The fourth-order valence-electron chi connectivity index (χ4n) is 3.22. The third-order valence-electron chi connectivity index (χ3n) is 4.23. The average molecular weight is 308 g/mol. The SMILES string of the molecule is C=CC(O)N(C(O)C=C)C1C(N)=Cc2cccc3cccc1c23. The van der Waals surface area contributed by atoms with E-state index in [9.17, 15) is 10.2 Å². The molecule has 4 nitrogen and oxygen atoms in total. The predicted octanol–water partition coefficient (Wildman–Crippen LogP) is 2.50. The van der Waals surface area contributed by atoms with Crippen molar-refractivity contribution in [2.75, 3.05) is 0 Å². The normalized spacial score (nSPS) is 19.3. The summed E-state index contributed by atoms with van der Waals surface area (Å²) in [5.74, 6) is 0. The third-order valence-corrected chi connectivity index (χ3v) is 4.23. The van der Waals surface area contributed by atoms with Gasteiger partial charge in [-0.1, -0.05) is 49.6 Å². The van der Waals surface area contributed by atoms with Crippen LogP contribution in [0.1, 0.15) is 17.2 Å². The lowest BCUT2D eigenvalue weighted by molar-refractivity contribution is -0.0757. The second kappa shape index (κ2) is 6.01. The van der Waals surface area contributed by atoms with E-state index in [1.165, 1.54) is 17.1 Å². The Morgan fingerprint density at radius 1 is 1.04 bits per heavy atom. The zero-order valence-electron chi connectivity index (χ0n) is 12.8. The number of nitrogens with zero attached hydrogens (tertiary/aromatic N) is 1. The molecular formula is C19H20N2O2. The smallest absolute Gasteiger partial charge is 0.129 e. The van der Waals surface area contributed by atoms with Crippen molar-refractivity contribution in [1.82, 2.24) is 4.90 Å². The van der Waals surface area contributed by atoms with Gasteiger partial charge in [-0.05, 0) is 40.1 Å². The second-order valence-electron chi connectivity index (χ2n) is 5.59. The Hall–Kier alpha value is -2.40. The van der Waals surface area contributed by atoms with Crippen molar-refractivity contribution in [3.63, 3.8) is 0 Å². The number of nitrogens with two attached hydrogens (primary N) is 1. The highest BCUT2D eigenvalue weighted by atomic mass is 16.3. The maximum Gasteiger partial charge on any atom is 0.129 e. The van der Waals surface area contributed by atoms with E-state index >= 15 is 0 Å². The highest BCUT2D eigenvalue weighted by Gasteiger charge is 2.34. The molecule has 1 aliphatic carbocycles. The highest BCUT2D eigenvalue weighted by Crippen LogP contribution is 2.40. The molecule has 1 aliphatic rings. The van der Waals surface area contributed by atoms with Gasteiger partial charge in [-0.2, -0.15) is 0 Å². The maximum absolute atomic E-state index is 10.3. The molecule has 23 heavy (non-hydrogen) atoms. The minimum Gasteiger partial charge on any atom is -0.400 e. The van der Waals surface area contributed by atoms with Crippen LogP contribution < -0.4 is 5.73 Å². The van der Waals surface area contributed by atoms with Gasteiger partial charge in [0, 0.05) is 5.70 Å². The quantitative estimate of drug-likeness (QED) is 0.586. The van der Waals surface area contributed by atoms with Gasteiger partial charge in [0.2, 0.25) is 0 Å². The summed E-state index contributed by atoms with van der Waals surface area (Å²) in [5.41, 5.74) is 8.82. The summed E-state index contributed by atoms with van der Waals surface area (Å²) >= 11 is 0. The molecular weight excluding hydrogens is 288 g/mol. The minimum atomic E-state index is -1.06. The van der Waals surface area contributed by atoms with Gasteiger partial charge in [0.15, 0.2) is 0 Å². The van der Waals surface area contributed by atoms with Crippen LogP contribution in [0.4, 0.5) is 0 Å². The number of hydrogen-bond acceptors (Lipinski definition) is 4. The maximum atomic E-state index is 10.3. The fourth-order valence-corrected chi connectivity index (χ4v) is 3.22. The molecule has 4 N–H and O–H groups in total. The van der Waals surface area contributed by atoms with Gasteiger partial charge in [-0.3, -0.25) is 0 Å². The largest absolute Gasteiger partial charge is 0.400 e. The average Bonchev–Trinajstić information content (AvgIpc) is 2.57. The van der Waals surface area contributed by atoms with E-state index in [1.54, 1.807) is 0 Å². The monoisotopic (exact) mass is 308 g/mol. The van der Waals surface area contributed by atoms with Crippen molar-refractivity contribution in [2.24, 2.45) is 5.73 Å². The summed E-state index contributed by atoms with van der Waals surface area (Å²) in [6.07, 6.45) is 2.50. The van der Waals surface area contributed by atoms with Gasteiger partial charge < -0.3 is 15.9 Å². The molecule has 0 fully saturated rings. The van der Waals surface area contributed by atoms with Gasteiger partial charge in [0.25, 0.3) is 0 Å². The fraction of sp³-hybridized carbons (Fsp3) is 0.158. The first kappa shape index (κ1) is 15.5. The van der Waals surface area contributed by atoms with Crippen LogP contribution >= 0.6 is 0 Å². The van der Waals surface area contributed by atoms with Crippen LogP contribution in [0.2, 0.25) is 0 Å². The molecule has 0 saturated heterocycles. The van der Waals surface area contributed by atoms with Crippen molar-refractivity contribution < 1.29 is 10.2 Å². The van der Waals surface area contributed by atoms with Gasteiger partial charge in [0.1, 0.15) is 12.5 Å². The van der Waals surface area contributed by atoms with Crippen molar-refractivity contribution in [3.8, 4) is 0 Å². The van der Waals surface area contributed by atoms with E-state index in [2.05, 4.69) is 13.2 Å². The Morgan fingerprint density at radius 2 is 1.65 bits per heavy atom. The molecule has 2 aromatic rings. The Labute approximate surface area is 135 Å². The predicted molar refractivity (Wildman–Crippen MR) is 93.1 cm³/mol. The van der Waals surface area contributed by atoms with E-state index < -0.39 is 18.5 Å². The van der Waals surface area contributed by atoms with Crippen molar-refractivity contribution in [1.29, 1.82) is 0 Å². The van der Waals surface area contributed by atoms with E-state index in [1.807, 2.05) is 42.5 Å². The topological polar surface area (TPSA) is 69.7 Å². The Bertz CT molecular complexity index is 778. The molecule has 118 valence electrons. The molecule has 0 amide bonds. The van der Waals surface area contributed by atoms with Gasteiger partial charge >= 0.3 is 0 Å². The molecule has 4 heteroatoms. The number of rotatable bonds is 5. The van der Waals surface area contributed by atoms with Crippen molar-refractivity contribution in [2.45, 2.75) is 18.5 Å². The number of benzene rings is 2. The number of aliphatic hydroxyl groups excluding tert-OH is 2. The lowest BCUT2D eigenvalue weighted by atomic mass is 9.87. The lowest BCUT2D eigenvalue weighted by Gasteiger charge is -2.39. The van der Waals surface area contributed by atoms with Crippen LogP contribution in [0.15, 0.2) is 67.4 Å². The number of aliphatic hydroxyl groups is 2. The molecule has 0 bridgehead atoms. The summed E-state index contributed by atoms with van der Waals surface area (Å²) in [5, 5.41) is 22.8. The van der Waals surface area contributed by atoms with E-state index in [-0.39, 0.29) is 0 Å². The van der Waals surface area contributed by atoms with E-state index in [0.717, 1.165) is 21.9 Å². The Morgan fingerprint density at radius 3 is 2.26 bits per heavy atom. The molecule has 0 heterocycles. The summed E-state index contributed by atoms with van der Waals surface area (Å²) in [7, 11) is 0. The first-order valence-electron chi connectivity index (χ1n) is 7.46. The zero-order chi connectivity index (χ0) is 16.6. The number of hydrogen-bond donors (Lipinski definition) is 3. The Balaban J connectivity index is 2.24. The summed E-state index contributed by atoms with van der Waals surface area (Å²) < 4.78 is 0. The Kier molecular flexibility index (Phi) is 4.05. The zero-order valence-corrected chi connectivity index (χ0v) is 12.8. The molecule has 0 spiro atoms. The van der Waals surface area contributed by atoms with Crippen LogP contribution in [0.25, 0.3) is 16.8 Å². The molecule has 0 radical (unpaired) electrons. The minimum absolute atomic E-state index is 0.463.